The SMILES string of the molecule is Cc1c(COc2cc(OCc3cncc(C#N)c3)c(CN(C)Cc3cncnc3)cc2Cl)cccc1-c1cccc(OCCCN2CC[C@@H](O)C2)c1C. The van der Waals surface area contributed by atoms with Crippen molar-refractivity contribution < 1.29 is 19.3 Å². The molecule has 0 radical (unpaired) electrons. The lowest BCUT2D eigenvalue weighted by Crippen LogP contribution is -2.24. The predicted octanol–water partition coefficient (Wildman–Crippen LogP) is 7.31. The number of aliphatic hydroxyl groups excluding tert-OH is 1. The Labute approximate surface area is 316 Å². The molecule has 5 aromatic rings. The normalized spacial score (nSPS) is 14.3. The van der Waals surface area contributed by atoms with Crippen molar-refractivity contribution in [2.75, 3.05) is 33.3 Å². The number of hydrogen-bond acceptors (Lipinski definition) is 10. The fourth-order valence-corrected chi connectivity index (χ4v) is 6.88. The molecule has 1 atom stereocenters. The summed E-state index contributed by atoms with van der Waals surface area (Å²) in [5.74, 6) is 2.01. The van der Waals surface area contributed by atoms with Gasteiger partial charge in [-0.25, -0.2) is 9.97 Å². The summed E-state index contributed by atoms with van der Waals surface area (Å²) in [5, 5.41) is 19.6. The van der Waals surface area contributed by atoms with E-state index in [0.29, 0.717) is 48.4 Å². The number of β-amino-alcohol motifs (C(OH)–C–C–N with tert-alkyl or cyclic N) is 1. The summed E-state index contributed by atoms with van der Waals surface area (Å²) >= 11 is 6.88. The third kappa shape index (κ3) is 10.1. The van der Waals surface area contributed by atoms with Crippen LogP contribution in [0.3, 0.4) is 0 Å². The summed E-state index contributed by atoms with van der Waals surface area (Å²) < 4.78 is 19.0. The average molecular weight is 733 g/mol. The fraction of sp³-hybridized carbons (Fsp3) is 0.333. The van der Waals surface area contributed by atoms with Crippen LogP contribution in [0.5, 0.6) is 17.2 Å². The molecule has 11 heteroatoms. The lowest BCUT2D eigenvalue weighted by molar-refractivity contribution is 0.173. The monoisotopic (exact) mass is 732 g/mol. The van der Waals surface area contributed by atoms with Gasteiger partial charge in [-0.1, -0.05) is 41.9 Å². The molecule has 0 aliphatic carbocycles. The van der Waals surface area contributed by atoms with Crippen LogP contribution in [-0.2, 0) is 26.3 Å². The second-order valence-corrected chi connectivity index (χ2v) is 14.0. The predicted molar refractivity (Wildman–Crippen MR) is 205 cm³/mol. The van der Waals surface area contributed by atoms with Crippen molar-refractivity contribution in [1.29, 1.82) is 5.26 Å². The highest BCUT2D eigenvalue weighted by Crippen LogP contribution is 2.37. The van der Waals surface area contributed by atoms with Crippen molar-refractivity contribution in [2.24, 2.45) is 0 Å². The maximum atomic E-state index is 9.80. The standard InChI is InChI=1S/C42H45ClN6O4/c1-29-34(7-4-8-37(29)38-9-5-10-40(30(38)2)51-14-6-12-49-13-11-36(50)25-49)27-53-42-17-41(52-26-32-15-31(18-44)19-45-20-32)35(16-39(42)43)24-48(3)23-33-21-46-28-47-22-33/h4-5,7-10,15-17,19-22,28,36,50H,6,11-14,23-27H2,1-3H3/t36-/m1/s1. The molecule has 10 nitrogen and oxygen atoms in total. The van der Waals surface area contributed by atoms with Crippen LogP contribution in [0, 0.1) is 25.2 Å². The molecule has 3 heterocycles. The Morgan fingerprint density at radius 2 is 1.60 bits per heavy atom. The Morgan fingerprint density at radius 1 is 0.849 bits per heavy atom. The van der Waals surface area contributed by atoms with E-state index in [0.717, 1.165) is 82.7 Å². The van der Waals surface area contributed by atoms with Crippen LogP contribution in [0.4, 0.5) is 0 Å². The molecule has 53 heavy (non-hydrogen) atoms. The lowest BCUT2D eigenvalue weighted by Gasteiger charge is -2.21. The number of rotatable bonds is 16. The van der Waals surface area contributed by atoms with Gasteiger partial charge in [0.15, 0.2) is 0 Å². The van der Waals surface area contributed by atoms with E-state index in [4.69, 9.17) is 25.8 Å². The Bertz CT molecular complexity index is 2040. The molecule has 1 aliphatic rings. The van der Waals surface area contributed by atoms with Crippen LogP contribution < -0.4 is 14.2 Å². The second kappa shape index (κ2) is 18.1. The first kappa shape index (κ1) is 37.7. The molecule has 6 rings (SSSR count). The van der Waals surface area contributed by atoms with Gasteiger partial charge in [0.1, 0.15) is 42.9 Å². The molecule has 0 spiro atoms. The number of aromatic nitrogens is 3. The summed E-state index contributed by atoms with van der Waals surface area (Å²) in [6.45, 7) is 9.17. The molecular formula is C42H45ClN6O4. The molecule has 0 amide bonds. The number of nitrogens with zero attached hydrogens (tertiary/aromatic N) is 6. The molecule has 1 aliphatic heterocycles. The summed E-state index contributed by atoms with van der Waals surface area (Å²) in [6, 6.07) is 20.1. The topological polar surface area (TPSA) is 117 Å². The first-order valence-electron chi connectivity index (χ1n) is 17.8. The highest BCUT2D eigenvalue weighted by atomic mass is 35.5. The van der Waals surface area contributed by atoms with Gasteiger partial charge in [0.25, 0.3) is 0 Å². The Morgan fingerprint density at radius 3 is 2.38 bits per heavy atom. The molecular weight excluding hydrogens is 688 g/mol. The van der Waals surface area contributed by atoms with E-state index < -0.39 is 0 Å². The number of pyridine rings is 1. The Kier molecular flexibility index (Phi) is 12.9. The minimum atomic E-state index is -0.203. The highest BCUT2D eigenvalue weighted by Gasteiger charge is 2.20. The second-order valence-electron chi connectivity index (χ2n) is 13.5. The van der Waals surface area contributed by atoms with Crippen molar-refractivity contribution in [3.63, 3.8) is 0 Å². The van der Waals surface area contributed by atoms with Crippen molar-refractivity contribution in [1.82, 2.24) is 24.8 Å². The van der Waals surface area contributed by atoms with Crippen molar-refractivity contribution in [3.8, 4) is 34.4 Å². The van der Waals surface area contributed by atoms with Gasteiger partial charge in [-0.05, 0) is 79.8 Å². The molecule has 1 fully saturated rings. The summed E-state index contributed by atoms with van der Waals surface area (Å²) in [5.41, 5.74) is 8.59. The minimum Gasteiger partial charge on any atom is -0.493 e. The number of benzene rings is 3. The van der Waals surface area contributed by atoms with Crippen molar-refractivity contribution in [3.05, 3.63) is 130 Å². The van der Waals surface area contributed by atoms with Gasteiger partial charge in [0.2, 0.25) is 0 Å². The third-order valence-corrected chi connectivity index (χ3v) is 9.76. The van der Waals surface area contributed by atoms with E-state index in [1.54, 1.807) is 24.7 Å². The quantitative estimate of drug-likeness (QED) is 0.104. The fourth-order valence-electron chi connectivity index (χ4n) is 6.64. The zero-order valence-electron chi connectivity index (χ0n) is 30.5. The maximum absolute atomic E-state index is 9.80. The number of hydrogen-bond donors (Lipinski definition) is 1. The molecule has 2 aromatic heterocycles. The number of halogens is 1. The van der Waals surface area contributed by atoms with Gasteiger partial charge < -0.3 is 24.2 Å². The van der Waals surface area contributed by atoms with Crippen LogP contribution in [0.15, 0.2) is 85.7 Å². The minimum absolute atomic E-state index is 0.203. The Balaban J connectivity index is 1.17. The number of nitriles is 1. The number of aliphatic hydroxyl groups is 1. The largest absolute Gasteiger partial charge is 0.493 e. The van der Waals surface area contributed by atoms with E-state index in [-0.39, 0.29) is 12.7 Å². The third-order valence-electron chi connectivity index (χ3n) is 9.47. The first-order valence-corrected chi connectivity index (χ1v) is 18.2. The molecule has 3 aromatic carbocycles. The van der Waals surface area contributed by atoms with Gasteiger partial charge in [0.05, 0.1) is 23.3 Å². The van der Waals surface area contributed by atoms with Gasteiger partial charge in [-0.2, -0.15) is 5.26 Å². The smallest absolute Gasteiger partial charge is 0.142 e. The van der Waals surface area contributed by atoms with Crippen LogP contribution in [0.2, 0.25) is 5.02 Å². The van der Waals surface area contributed by atoms with Crippen molar-refractivity contribution >= 4 is 11.6 Å². The van der Waals surface area contributed by atoms with Crippen LogP contribution in [0.25, 0.3) is 11.1 Å². The van der Waals surface area contributed by atoms with Crippen LogP contribution in [0.1, 0.15) is 51.8 Å². The average Bonchev–Trinajstić information content (AvgIpc) is 3.58. The first-order chi connectivity index (χ1) is 25.8. The molecule has 1 N–H and O–H groups in total. The zero-order valence-corrected chi connectivity index (χ0v) is 31.2. The lowest BCUT2D eigenvalue weighted by atomic mass is 9.93. The molecule has 0 saturated carbocycles. The number of ether oxygens (including phenoxy) is 3. The van der Waals surface area contributed by atoms with E-state index in [9.17, 15) is 10.4 Å². The van der Waals surface area contributed by atoms with Crippen LogP contribution >= 0.6 is 11.6 Å². The van der Waals surface area contributed by atoms with Gasteiger partial charge in [-0.3, -0.25) is 9.88 Å². The Hall–Kier alpha value is -5.05. The molecule has 1 saturated heterocycles. The van der Waals surface area contributed by atoms with E-state index in [2.05, 4.69) is 68.9 Å². The zero-order chi connectivity index (χ0) is 37.2. The summed E-state index contributed by atoms with van der Waals surface area (Å²) in [6.07, 6.45) is 9.89. The van der Waals surface area contributed by atoms with Crippen LogP contribution in [-0.4, -0.2) is 69.3 Å². The summed E-state index contributed by atoms with van der Waals surface area (Å²) in [4.78, 5) is 16.9. The van der Waals surface area contributed by atoms with Gasteiger partial charge in [-0.15, -0.1) is 0 Å². The van der Waals surface area contributed by atoms with Crippen molar-refractivity contribution in [2.45, 2.75) is 59.1 Å². The van der Waals surface area contributed by atoms with Gasteiger partial charge in [0, 0.05) is 80.3 Å². The highest BCUT2D eigenvalue weighted by molar-refractivity contribution is 6.32. The molecule has 274 valence electrons. The molecule has 0 unspecified atom stereocenters. The van der Waals surface area contributed by atoms with E-state index in [1.807, 2.05) is 31.3 Å². The summed E-state index contributed by atoms with van der Waals surface area (Å²) in [7, 11) is 2.01. The molecule has 0 bridgehead atoms. The van der Waals surface area contributed by atoms with E-state index >= 15 is 0 Å². The van der Waals surface area contributed by atoms with E-state index in [1.165, 1.54) is 12.5 Å². The number of likely N-dealkylation sites (tertiary alicyclic amines) is 1. The van der Waals surface area contributed by atoms with Gasteiger partial charge >= 0.3 is 0 Å². The maximum Gasteiger partial charge on any atom is 0.142 e.